The second kappa shape index (κ2) is 7.79. The monoisotopic (exact) mass is 430 g/mol. The van der Waals surface area contributed by atoms with Gasteiger partial charge in [-0.3, -0.25) is 4.79 Å². The fraction of sp³-hybridized carbons (Fsp3) is 0.412. The molecule has 0 amide bonds. The highest BCUT2D eigenvalue weighted by molar-refractivity contribution is 7.89. The summed E-state index contributed by atoms with van der Waals surface area (Å²) in [5, 5.41) is 4.81. The summed E-state index contributed by atoms with van der Waals surface area (Å²) in [4.78, 5) is 14.6. The molecule has 0 aliphatic carbocycles. The van der Waals surface area contributed by atoms with Crippen LogP contribution in [0.3, 0.4) is 0 Å². The summed E-state index contributed by atoms with van der Waals surface area (Å²) in [5.74, 6) is 0.0739. The molecule has 1 fully saturated rings. The third-order valence-corrected chi connectivity index (χ3v) is 7.28. The van der Waals surface area contributed by atoms with Crippen LogP contribution >= 0.6 is 23.2 Å². The van der Waals surface area contributed by atoms with Crippen molar-refractivity contribution in [3.05, 3.63) is 50.4 Å². The van der Waals surface area contributed by atoms with Crippen molar-refractivity contribution in [2.45, 2.75) is 13.8 Å². The van der Waals surface area contributed by atoms with Gasteiger partial charge in [-0.15, -0.1) is 0 Å². The third-order valence-electron chi connectivity index (χ3n) is 4.64. The summed E-state index contributed by atoms with van der Waals surface area (Å²) >= 11 is 12.5. The predicted octanol–water partition coefficient (Wildman–Crippen LogP) is 2.32. The Balaban J connectivity index is 1.86. The van der Waals surface area contributed by atoms with Crippen molar-refractivity contribution in [3.8, 4) is 5.69 Å². The second-order valence-corrected chi connectivity index (χ2v) is 9.32. The van der Waals surface area contributed by atoms with E-state index in [0.29, 0.717) is 42.6 Å². The van der Waals surface area contributed by atoms with Gasteiger partial charge in [0.05, 0.1) is 23.3 Å². The summed E-state index contributed by atoms with van der Waals surface area (Å²) in [7, 11) is -3.22. The Hall–Kier alpha value is -1.61. The van der Waals surface area contributed by atoms with E-state index in [9.17, 15) is 13.2 Å². The Kier molecular flexibility index (Phi) is 5.81. The van der Waals surface area contributed by atoms with Crippen LogP contribution in [0.2, 0.25) is 10.0 Å². The van der Waals surface area contributed by atoms with Crippen molar-refractivity contribution in [1.29, 1.82) is 0 Å². The molecular formula is C17H20Cl2N4O3S. The van der Waals surface area contributed by atoms with E-state index in [1.165, 1.54) is 15.2 Å². The number of hydrogen-bond donors (Lipinski definition) is 0. The molecule has 10 heteroatoms. The van der Waals surface area contributed by atoms with Crippen LogP contribution in [0.15, 0.2) is 29.2 Å². The van der Waals surface area contributed by atoms with Gasteiger partial charge in [-0.2, -0.15) is 14.1 Å². The van der Waals surface area contributed by atoms with Crippen LogP contribution in [0.5, 0.6) is 0 Å². The first-order valence-electron chi connectivity index (χ1n) is 8.51. The zero-order chi connectivity index (χ0) is 19.8. The number of halogens is 2. The minimum Gasteiger partial charge on any atom is -0.366 e. The van der Waals surface area contributed by atoms with Crippen LogP contribution in [0, 0.1) is 6.92 Å². The molecule has 7 nitrogen and oxygen atoms in total. The van der Waals surface area contributed by atoms with Crippen LogP contribution in [0.4, 0.5) is 5.69 Å². The number of aromatic nitrogens is 2. The molecule has 146 valence electrons. The highest BCUT2D eigenvalue weighted by atomic mass is 35.5. The minimum absolute atomic E-state index is 0.0495. The summed E-state index contributed by atoms with van der Waals surface area (Å²) in [6, 6.07) is 5.22. The fourth-order valence-corrected chi connectivity index (χ4v) is 4.44. The van der Waals surface area contributed by atoms with Gasteiger partial charge in [0.2, 0.25) is 10.0 Å². The van der Waals surface area contributed by atoms with Crippen molar-refractivity contribution in [2.75, 3.05) is 36.8 Å². The van der Waals surface area contributed by atoms with Gasteiger partial charge in [-0.25, -0.2) is 8.42 Å². The molecule has 0 saturated carbocycles. The molecule has 1 aliphatic rings. The molecule has 0 bridgehead atoms. The Morgan fingerprint density at radius 3 is 2.41 bits per heavy atom. The molecule has 0 radical (unpaired) electrons. The lowest BCUT2D eigenvalue weighted by atomic mass is 10.2. The zero-order valence-electron chi connectivity index (χ0n) is 15.0. The Morgan fingerprint density at radius 1 is 1.15 bits per heavy atom. The van der Waals surface area contributed by atoms with Crippen molar-refractivity contribution in [1.82, 2.24) is 14.1 Å². The zero-order valence-corrected chi connectivity index (χ0v) is 17.4. The topological polar surface area (TPSA) is 75.5 Å². The van der Waals surface area contributed by atoms with E-state index in [4.69, 9.17) is 23.2 Å². The molecule has 3 rings (SSSR count). The quantitative estimate of drug-likeness (QED) is 0.743. The molecular weight excluding hydrogens is 411 g/mol. The van der Waals surface area contributed by atoms with Crippen molar-refractivity contribution < 1.29 is 8.42 Å². The minimum atomic E-state index is -3.22. The number of sulfonamides is 1. The number of rotatable bonds is 4. The molecule has 2 aromatic rings. The lowest BCUT2D eigenvalue weighted by Crippen LogP contribution is -2.49. The average molecular weight is 431 g/mol. The highest BCUT2D eigenvalue weighted by Crippen LogP contribution is 2.24. The first-order valence-corrected chi connectivity index (χ1v) is 10.9. The normalized spacial score (nSPS) is 15.9. The maximum Gasteiger partial charge on any atom is 0.292 e. The number of nitrogens with zero attached hydrogens (tertiary/aromatic N) is 4. The van der Waals surface area contributed by atoms with Crippen LogP contribution in [0.1, 0.15) is 12.5 Å². The smallest absolute Gasteiger partial charge is 0.292 e. The van der Waals surface area contributed by atoms with E-state index in [-0.39, 0.29) is 10.8 Å². The fourth-order valence-electron chi connectivity index (χ4n) is 2.93. The number of piperazine rings is 1. The first-order chi connectivity index (χ1) is 12.7. The summed E-state index contributed by atoms with van der Waals surface area (Å²) in [5.41, 5.74) is 1.49. The SMILES string of the molecule is CCS(=O)(=O)N1CCN(c2cnn(-c3ccc(C)c(Cl)c3)c(=O)c2Cl)CC1. The van der Waals surface area contributed by atoms with Crippen LogP contribution < -0.4 is 10.5 Å². The van der Waals surface area contributed by atoms with Gasteiger partial charge in [0.1, 0.15) is 5.02 Å². The number of aryl methyl sites for hydroxylation is 1. The summed E-state index contributed by atoms with van der Waals surface area (Å²) in [6.07, 6.45) is 1.53. The van der Waals surface area contributed by atoms with Crippen LogP contribution in [0.25, 0.3) is 5.69 Å². The van der Waals surface area contributed by atoms with Crippen molar-refractivity contribution in [2.24, 2.45) is 0 Å². The number of hydrogen-bond acceptors (Lipinski definition) is 5. The van der Waals surface area contributed by atoms with Gasteiger partial charge >= 0.3 is 0 Å². The first kappa shape index (κ1) is 20.1. The van der Waals surface area contributed by atoms with Gasteiger partial charge in [-0.1, -0.05) is 29.3 Å². The second-order valence-electron chi connectivity index (χ2n) is 6.28. The van der Waals surface area contributed by atoms with E-state index >= 15 is 0 Å². The molecule has 1 aromatic carbocycles. The van der Waals surface area contributed by atoms with Crippen LogP contribution in [-0.2, 0) is 10.0 Å². The standard InChI is InChI=1S/C17H20Cl2N4O3S/c1-3-27(25,26)22-8-6-21(7-9-22)15-11-20-23(17(24)16(15)19)13-5-4-12(2)14(18)10-13/h4-5,10-11H,3,6-9H2,1-2H3. The number of anilines is 1. The lowest BCUT2D eigenvalue weighted by Gasteiger charge is -2.35. The predicted molar refractivity (Wildman–Crippen MR) is 108 cm³/mol. The molecule has 0 N–H and O–H groups in total. The van der Waals surface area contributed by atoms with E-state index in [0.717, 1.165) is 5.56 Å². The summed E-state index contributed by atoms with van der Waals surface area (Å²) < 4.78 is 26.6. The molecule has 1 saturated heterocycles. The largest absolute Gasteiger partial charge is 0.366 e. The molecule has 0 spiro atoms. The van der Waals surface area contributed by atoms with Gasteiger partial charge in [0.15, 0.2) is 0 Å². The maximum absolute atomic E-state index is 12.7. The Labute approximate surface area is 168 Å². The molecule has 0 atom stereocenters. The van der Waals surface area contributed by atoms with E-state index in [1.54, 1.807) is 25.1 Å². The average Bonchev–Trinajstić information content (AvgIpc) is 2.66. The van der Waals surface area contributed by atoms with E-state index in [1.807, 2.05) is 11.8 Å². The van der Waals surface area contributed by atoms with Crippen molar-refractivity contribution >= 4 is 38.9 Å². The van der Waals surface area contributed by atoms with E-state index in [2.05, 4.69) is 5.10 Å². The van der Waals surface area contributed by atoms with Crippen molar-refractivity contribution in [3.63, 3.8) is 0 Å². The van der Waals surface area contributed by atoms with Gasteiger partial charge in [0, 0.05) is 31.2 Å². The molecule has 1 aliphatic heterocycles. The Morgan fingerprint density at radius 2 is 1.81 bits per heavy atom. The number of benzene rings is 1. The van der Waals surface area contributed by atoms with Gasteiger partial charge < -0.3 is 4.90 Å². The maximum atomic E-state index is 12.7. The highest BCUT2D eigenvalue weighted by Gasteiger charge is 2.27. The van der Waals surface area contributed by atoms with E-state index < -0.39 is 15.6 Å². The van der Waals surface area contributed by atoms with Gasteiger partial charge in [-0.05, 0) is 31.5 Å². The molecule has 0 unspecified atom stereocenters. The summed E-state index contributed by atoms with van der Waals surface area (Å²) in [6.45, 7) is 5.09. The lowest BCUT2D eigenvalue weighted by molar-refractivity contribution is 0.385. The molecule has 2 heterocycles. The molecule has 1 aromatic heterocycles. The van der Waals surface area contributed by atoms with Gasteiger partial charge in [0.25, 0.3) is 5.56 Å². The third kappa shape index (κ3) is 3.99. The molecule has 27 heavy (non-hydrogen) atoms. The van der Waals surface area contributed by atoms with Crippen LogP contribution in [-0.4, -0.2) is 54.4 Å². The Bertz CT molecular complexity index is 1020.